The first-order chi connectivity index (χ1) is 29.7. The zero-order chi connectivity index (χ0) is 44.5. The monoisotopic (exact) mass is 825 g/mol. The maximum atomic E-state index is 11.8. The summed E-state index contributed by atoms with van der Waals surface area (Å²) in [5, 5.41) is 17.5. The third-order valence-electron chi connectivity index (χ3n) is 13.9. The van der Waals surface area contributed by atoms with Gasteiger partial charge in [0.1, 0.15) is 22.9 Å². The molecule has 316 valence electrons. The van der Waals surface area contributed by atoms with Crippen molar-refractivity contribution in [2.24, 2.45) is 11.3 Å². The van der Waals surface area contributed by atoms with Gasteiger partial charge in [0.2, 0.25) is 0 Å². The molecule has 6 aromatic carbocycles. The van der Waals surface area contributed by atoms with Crippen molar-refractivity contribution >= 4 is 60.7 Å². The minimum atomic E-state index is -0.0404. The van der Waals surface area contributed by atoms with E-state index in [9.17, 15) is 5.26 Å². The molecule has 0 fully saturated rings. The fourth-order valence-electron chi connectivity index (χ4n) is 10.0. The van der Waals surface area contributed by atoms with Crippen molar-refractivity contribution in [2.75, 3.05) is 0 Å². The van der Waals surface area contributed by atoms with E-state index in [0.717, 1.165) is 67.5 Å². The van der Waals surface area contributed by atoms with E-state index < -0.39 is 0 Å². The zero-order valence-corrected chi connectivity index (χ0v) is 39.1. The maximum absolute atomic E-state index is 11.8. The first-order valence-corrected chi connectivity index (χ1v) is 22.7. The average molecular weight is 826 g/mol. The quantitative estimate of drug-likeness (QED) is 0.178. The normalized spacial score (nSPS) is 15.0. The Labute approximate surface area is 372 Å². The van der Waals surface area contributed by atoms with Crippen LogP contribution in [0.3, 0.4) is 0 Å². The Hall–Kier alpha value is -6.31. The van der Waals surface area contributed by atoms with Crippen molar-refractivity contribution in [1.29, 1.82) is 5.26 Å². The number of nitriles is 1. The molecule has 0 bridgehead atoms. The zero-order valence-electron chi connectivity index (χ0n) is 39.1. The summed E-state index contributed by atoms with van der Waals surface area (Å²) in [6, 6.07) is 42.8. The second kappa shape index (κ2) is 13.8. The number of furan rings is 1. The van der Waals surface area contributed by atoms with E-state index >= 15 is 0 Å². The number of nitrogens with zero attached hydrogens (tertiary/aromatic N) is 3. The molecule has 3 aromatic heterocycles. The highest BCUT2D eigenvalue weighted by atomic mass is 16.3. The van der Waals surface area contributed by atoms with Crippen molar-refractivity contribution < 1.29 is 4.42 Å². The van der Waals surface area contributed by atoms with E-state index in [-0.39, 0.29) is 21.7 Å². The Morgan fingerprint density at radius 2 is 1.11 bits per heavy atom. The largest absolute Gasteiger partial charge is 0.453 e. The lowest BCUT2D eigenvalue weighted by atomic mass is 9.74. The lowest BCUT2D eigenvalue weighted by molar-refractivity contribution is 0.291. The SMILES string of the molecule is CC(C)(C)c1ccc2c(c1)c1c(n2-c2c(C#N)c(-n3c4ccc(C(C)(C)C)cc4c4cc(C(C)(C)C)ccc43)cc3c2oc2c(-c4ccccc4)cccc23)C=CC(C(C)(C)C)C1. The van der Waals surface area contributed by atoms with Crippen LogP contribution in [0.1, 0.15) is 117 Å². The predicted octanol–water partition coefficient (Wildman–Crippen LogP) is 16.3. The van der Waals surface area contributed by atoms with Gasteiger partial charge in [0.05, 0.1) is 22.2 Å². The highest BCUT2D eigenvalue weighted by Crippen LogP contribution is 2.48. The van der Waals surface area contributed by atoms with Gasteiger partial charge >= 0.3 is 0 Å². The Morgan fingerprint density at radius 3 is 1.65 bits per heavy atom. The summed E-state index contributed by atoms with van der Waals surface area (Å²) < 4.78 is 12.0. The number of hydrogen-bond donors (Lipinski definition) is 0. The minimum absolute atomic E-state index is 0.0368. The standard InChI is InChI=1S/C59H59N3O/c1-56(2,3)36-21-25-48-42(29-36)43-30-37(57(4,5)6)22-26-49(43)61(48)52-33-46-41-20-16-19-40(35-17-14-13-15-18-35)54(41)63-55(46)53(47(52)34-60)62-50-27-23-38(58(7,8)9)31-44(50)45-32-39(59(10,11)12)24-28-51(45)62/h13-31,33,39H,32H2,1-12H3. The molecule has 1 unspecified atom stereocenters. The summed E-state index contributed by atoms with van der Waals surface area (Å²) in [6.45, 7) is 27.6. The van der Waals surface area contributed by atoms with Crippen LogP contribution in [0.4, 0.5) is 0 Å². The summed E-state index contributed by atoms with van der Waals surface area (Å²) in [5.74, 6) is 0.359. The summed E-state index contributed by atoms with van der Waals surface area (Å²) in [6.07, 6.45) is 5.63. The van der Waals surface area contributed by atoms with E-state index in [1.165, 1.54) is 38.4 Å². The van der Waals surface area contributed by atoms with Crippen molar-refractivity contribution in [3.05, 3.63) is 149 Å². The number of hydrogen-bond acceptors (Lipinski definition) is 2. The lowest BCUT2D eigenvalue weighted by Crippen LogP contribution is -2.23. The molecular weight excluding hydrogens is 767 g/mol. The molecule has 3 heterocycles. The predicted molar refractivity (Wildman–Crippen MR) is 267 cm³/mol. The number of rotatable bonds is 3. The fourth-order valence-corrected chi connectivity index (χ4v) is 10.0. The Kier molecular flexibility index (Phi) is 8.95. The molecule has 0 aliphatic heterocycles. The number of para-hydroxylation sites is 1. The van der Waals surface area contributed by atoms with Gasteiger partial charge in [0, 0.05) is 38.2 Å². The third kappa shape index (κ3) is 6.46. The van der Waals surface area contributed by atoms with Crippen LogP contribution in [-0.2, 0) is 22.7 Å². The Bertz CT molecular complexity index is 3330. The molecule has 0 radical (unpaired) electrons. The smallest absolute Gasteiger partial charge is 0.160 e. The fraction of sp³-hybridized carbons (Fsp3) is 0.305. The summed E-state index contributed by atoms with van der Waals surface area (Å²) >= 11 is 0. The second-order valence-corrected chi connectivity index (χ2v) is 22.3. The van der Waals surface area contributed by atoms with Gasteiger partial charge in [-0.2, -0.15) is 5.26 Å². The molecule has 10 rings (SSSR count). The molecule has 1 atom stereocenters. The number of allylic oxidation sites excluding steroid dienone is 1. The first-order valence-electron chi connectivity index (χ1n) is 22.7. The van der Waals surface area contributed by atoms with Gasteiger partial charge < -0.3 is 13.6 Å². The van der Waals surface area contributed by atoms with Crippen molar-refractivity contribution in [1.82, 2.24) is 9.13 Å². The molecule has 0 spiro atoms. The summed E-state index contributed by atoms with van der Waals surface area (Å²) in [4.78, 5) is 0. The van der Waals surface area contributed by atoms with Gasteiger partial charge in [0.25, 0.3) is 0 Å². The molecule has 1 aliphatic rings. The van der Waals surface area contributed by atoms with Gasteiger partial charge in [0.15, 0.2) is 5.58 Å². The third-order valence-corrected chi connectivity index (χ3v) is 13.9. The second-order valence-electron chi connectivity index (χ2n) is 22.3. The molecule has 4 heteroatoms. The van der Waals surface area contributed by atoms with Crippen LogP contribution in [0, 0.1) is 22.7 Å². The molecule has 4 nitrogen and oxygen atoms in total. The highest BCUT2D eigenvalue weighted by Gasteiger charge is 2.33. The Morgan fingerprint density at radius 1 is 0.556 bits per heavy atom. The topological polar surface area (TPSA) is 46.8 Å². The van der Waals surface area contributed by atoms with Crippen LogP contribution in [-0.4, -0.2) is 9.13 Å². The highest BCUT2D eigenvalue weighted by molar-refractivity contribution is 6.15. The molecule has 0 amide bonds. The van der Waals surface area contributed by atoms with Crippen LogP contribution in [0.15, 0.2) is 120 Å². The van der Waals surface area contributed by atoms with Crippen LogP contribution < -0.4 is 0 Å². The molecule has 0 saturated heterocycles. The molecule has 9 aromatic rings. The minimum Gasteiger partial charge on any atom is -0.453 e. The van der Waals surface area contributed by atoms with Crippen LogP contribution >= 0.6 is 0 Å². The van der Waals surface area contributed by atoms with Gasteiger partial charge in [-0.25, -0.2) is 0 Å². The van der Waals surface area contributed by atoms with Crippen LogP contribution in [0.2, 0.25) is 0 Å². The number of aromatic nitrogens is 2. The van der Waals surface area contributed by atoms with E-state index in [1.54, 1.807) is 0 Å². The molecule has 63 heavy (non-hydrogen) atoms. The number of benzene rings is 6. The average Bonchev–Trinajstić information content (AvgIpc) is 3.88. The van der Waals surface area contributed by atoms with Gasteiger partial charge in [-0.1, -0.05) is 156 Å². The molecule has 0 saturated carbocycles. The first kappa shape index (κ1) is 40.7. The summed E-state index contributed by atoms with van der Waals surface area (Å²) in [5.41, 5.74) is 15.3. The molecule has 1 aliphatic carbocycles. The number of fused-ring (bicyclic) bond motifs is 9. The summed E-state index contributed by atoms with van der Waals surface area (Å²) in [7, 11) is 0. The van der Waals surface area contributed by atoms with Crippen molar-refractivity contribution in [3.8, 4) is 28.6 Å². The van der Waals surface area contributed by atoms with Gasteiger partial charge in [-0.15, -0.1) is 0 Å². The molecular formula is C59H59N3O. The van der Waals surface area contributed by atoms with E-state index in [1.807, 2.05) is 0 Å². The Balaban J connectivity index is 1.40. The lowest BCUT2D eigenvalue weighted by Gasteiger charge is -2.31. The maximum Gasteiger partial charge on any atom is 0.160 e. The van der Waals surface area contributed by atoms with Crippen molar-refractivity contribution in [3.63, 3.8) is 0 Å². The van der Waals surface area contributed by atoms with Gasteiger partial charge in [-0.3, -0.25) is 0 Å². The van der Waals surface area contributed by atoms with E-state index in [0.29, 0.717) is 17.1 Å². The van der Waals surface area contributed by atoms with E-state index in [4.69, 9.17) is 4.42 Å². The van der Waals surface area contributed by atoms with Crippen LogP contribution in [0.25, 0.3) is 83.2 Å². The molecule has 0 N–H and O–H groups in total. The van der Waals surface area contributed by atoms with Crippen molar-refractivity contribution in [2.45, 2.75) is 106 Å². The van der Waals surface area contributed by atoms with E-state index in [2.05, 4.69) is 220 Å². The van der Waals surface area contributed by atoms with Gasteiger partial charge in [-0.05, 0) is 110 Å². The van der Waals surface area contributed by atoms with Crippen LogP contribution in [0.5, 0.6) is 0 Å².